The number of primary amides is 1. The van der Waals surface area contributed by atoms with Gasteiger partial charge in [0.2, 0.25) is 0 Å². The number of anilines is 3. The van der Waals surface area contributed by atoms with Gasteiger partial charge in [-0.1, -0.05) is 12.1 Å². The Bertz CT molecular complexity index is 1430. The van der Waals surface area contributed by atoms with Gasteiger partial charge in [-0.25, -0.2) is 14.8 Å². The Hall–Kier alpha value is -4.60. The normalized spacial score (nSPS) is 11.0. The average molecular weight is 475 g/mol. The molecule has 0 saturated heterocycles. The molecule has 2 aromatic carbocycles. The summed E-state index contributed by atoms with van der Waals surface area (Å²) in [4.78, 5) is 36.0. The van der Waals surface area contributed by atoms with Gasteiger partial charge in [0.25, 0.3) is 0 Å². The first-order chi connectivity index (χ1) is 16.8. The Balaban J connectivity index is 1.90. The highest BCUT2D eigenvalue weighted by atomic mass is 16.5. The molecule has 4 N–H and O–H groups in total. The summed E-state index contributed by atoms with van der Waals surface area (Å²) in [7, 11) is 2.96. The van der Waals surface area contributed by atoms with Gasteiger partial charge in [-0.15, -0.1) is 0 Å². The van der Waals surface area contributed by atoms with E-state index >= 15 is 0 Å². The number of para-hydroxylation sites is 2. The minimum absolute atomic E-state index is 0.0377. The number of ketones is 1. The number of aromatic nitrogens is 3. The molecule has 2 amide bonds. The predicted octanol–water partition coefficient (Wildman–Crippen LogP) is 4.06. The van der Waals surface area contributed by atoms with E-state index < -0.39 is 6.03 Å². The largest absolute Gasteiger partial charge is 0.495 e. The van der Waals surface area contributed by atoms with Gasteiger partial charge in [-0.3, -0.25) is 9.69 Å². The van der Waals surface area contributed by atoms with Gasteiger partial charge in [-0.05, 0) is 44.2 Å². The van der Waals surface area contributed by atoms with Crippen molar-refractivity contribution in [2.75, 3.05) is 24.9 Å². The van der Waals surface area contributed by atoms with Crippen LogP contribution in [0.15, 0.2) is 55.0 Å². The average Bonchev–Trinajstić information content (AvgIpc) is 3.25. The van der Waals surface area contributed by atoms with Gasteiger partial charge in [0.15, 0.2) is 5.78 Å². The van der Waals surface area contributed by atoms with Crippen molar-refractivity contribution in [3.8, 4) is 11.5 Å². The molecule has 0 aliphatic carbocycles. The number of benzene rings is 2. The van der Waals surface area contributed by atoms with Crippen molar-refractivity contribution in [1.29, 1.82) is 0 Å². The van der Waals surface area contributed by atoms with Crippen molar-refractivity contribution in [2.24, 2.45) is 5.73 Å². The van der Waals surface area contributed by atoms with Crippen LogP contribution < -0.4 is 25.8 Å². The third-order valence-electron chi connectivity index (χ3n) is 5.67. The molecule has 0 fully saturated rings. The zero-order chi connectivity index (χ0) is 25.3. The van der Waals surface area contributed by atoms with Crippen LogP contribution in [0.25, 0.3) is 11.0 Å². The molecule has 0 spiro atoms. The summed E-state index contributed by atoms with van der Waals surface area (Å²) < 4.78 is 12.8. The second-order valence-corrected chi connectivity index (χ2v) is 8.06. The van der Waals surface area contributed by atoms with E-state index in [9.17, 15) is 9.59 Å². The van der Waals surface area contributed by atoms with Crippen LogP contribution in [0.1, 0.15) is 35.8 Å². The molecule has 0 aliphatic rings. The van der Waals surface area contributed by atoms with Crippen molar-refractivity contribution in [1.82, 2.24) is 14.5 Å². The van der Waals surface area contributed by atoms with Crippen molar-refractivity contribution in [2.45, 2.75) is 19.9 Å². The van der Waals surface area contributed by atoms with Gasteiger partial charge in [0.05, 0.1) is 36.5 Å². The monoisotopic (exact) mass is 474 g/mol. The van der Waals surface area contributed by atoms with Gasteiger partial charge in [0.1, 0.15) is 29.3 Å². The highest BCUT2D eigenvalue weighted by Gasteiger charge is 2.26. The third-order valence-corrected chi connectivity index (χ3v) is 5.67. The second-order valence-electron chi connectivity index (χ2n) is 8.06. The number of amides is 2. The van der Waals surface area contributed by atoms with Crippen LogP contribution in [0.2, 0.25) is 0 Å². The first kappa shape index (κ1) is 23.6. The van der Waals surface area contributed by atoms with Crippen LogP contribution in [0.5, 0.6) is 11.5 Å². The molecule has 35 heavy (non-hydrogen) atoms. The van der Waals surface area contributed by atoms with Crippen molar-refractivity contribution in [3.05, 3.63) is 66.1 Å². The lowest BCUT2D eigenvalue weighted by atomic mass is 10.0. The number of rotatable bonds is 7. The van der Waals surface area contributed by atoms with Gasteiger partial charge in [-0.2, -0.15) is 0 Å². The van der Waals surface area contributed by atoms with Crippen molar-refractivity contribution >= 4 is 40.0 Å². The smallest absolute Gasteiger partial charge is 0.324 e. The number of urea groups is 1. The number of hydrogen-bond acceptors (Lipinski definition) is 7. The molecule has 180 valence electrons. The molecule has 0 unspecified atom stereocenters. The first-order valence-electron chi connectivity index (χ1n) is 10.8. The van der Waals surface area contributed by atoms with Crippen LogP contribution in [-0.2, 0) is 0 Å². The van der Waals surface area contributed by atoms with Crippen LogP contribution in [0, 0.1) is 0 Å². The first-order valence-corrected chi connectivity index (χ1v) is 10.8. The maximum absolute atomic E-state index is 13.7. The Kier molecular flexibility index (Phi) is 6.28. The lowest BCUT2D eigenvalue weighted by molar-refractivity contribution is 0.104. The maximum atomic E-state index is 13.7. The molecule has 4 rings (SSSR count). The molecule has 0 bridgehead atoms. The van der Waals surface area contributed by atoms with Crippen LogP contribution in [0.3, 0.4) is 0 Å². The third kappa shape index (κ3) is 4.10. The molecule has 0 aliphatic heterocycles. The van der Waals surface area contributed by atoms with Crippen LogP contribution in [0.4, 0.5) is 22.0 Å². The zero-order valence-corrected chi connectivity index (χ0v) is 19.9. The number of nitrogens with two attached hydrogens (primary N) is 2. The number of fused-ring (bicyclic) bond motifs is 1. The molecule has 2 aromatic heterocycles. The summed E-state index contributed by atoms with van der Waals surface area (Å²) in [5.74, 6) is 0.664. The molecular formula is C25H26N6O4. The molecule has 10 heteroatoms. The molecule has 0 saturated carbocycles. The Morgan fingerprint density at radius 1 is 1.00 bits per heavy atom. The number of ether oxygens (including phenoxy) is 2. The molecule has 10 nitrogen and oxygen atoms in total. The van der Waals surface area contributed by atoms with Gasteiger partial charge >= 0.3 is 6.03 Å². The highest BCUT2D eigenvalue weighted by Crippen LogP contribution is 2.39. The number of hydrogen-bond donors (Lipinski definition) is 2. The summed E-state index contributed by atoms with van der Waals surface area (Å²) in [6, 6.07) is 11.0. The second kappa shape index (κ2) is 9.34. The summed E-state index contributed by atoms with van der Waals surface area (Å²) in [6.45, 7) is 3.96. The van der Waals surface area contributed by atoms with E-state index in [0.29, 0.717) is 39.3 Å². The molecule has 0 atom stereocenters. The molecular weight excluding hydrogens is 448 g/mol. The zero-order valence-electron chi connectivity index (χ0n) is 19.9. The standard InChI is InChI=1S/C25H26N6O4/c1-14(2)30-12-16(21-23(26)28-13-29-24(21)30)22(32)15-9-10-20(35-4)18(11-15)31(25(27)33)17-7-5-6-8-19(17)34-3/h5-14H,1-4H3,(H2,27,33)(H2,26,28,29). The lowest BCUT2D eigenvalue weighted by Gasteiger charge is -2.25. The van der Waals surface area contributed by atoms with E-state index in [1.165, 1.54) is 25.4 Å². The maximum Gasteiger partial charge on any atom is 0.324 e. The van der Waals surface area contributed by atoms with Crippen LogP contribution >= 0.6 is 0 Å². The molecule has 2 heterocycles. The van der Waals surface area contributed by atoms with E-state index in [0.717, 1.165) is 0 Å². The fourth-order valence-electron chi connectivity index (χ4n) is 4.02. The van der Waals surface area contributed by atoms with E-state index in [-0.39, 0.29) is 23.3 Å². The number of nitrogens with zero attached hydrogens (tertiary/aromatic N) is 4. The minimum atomic E-state index is -0.772. The van der Waals surface area contributed by atoms with Crippen LogP contribution in [-0.4, -0.2) is 40.6 Å². The Morgan fingerprint density at radius 3 is 2.34 bits per heavy atom. The summed E-state index contributed by atoms with van der Waals surface area (Å²) in [6.07, 6.45) is 3.09. The number of nitrogen functional groups attached to an aromatic ring is 1. The SMILES string of the molecule is COc1ccccc1N(C(N)=O)c1cc(C(=O)c2cn(C(C)C)c3ncnc(N)c23)ccc1OC. The Morgan fingerprint density at radius 2 is 1.69 bits per heavy atom. The predicted molar refractivity (Wildman–Crippen MR) is 133 cm³/mol. The quantitative estimate of drug-likeness (QED) is 0.385. The lowest BCUT2D eigenvalue weighted by Crippen LogP contribution is -2.32. The highest BCUT2D eigenvalue weighted by molar-refractivity contribution is 6.18. The summed E-state index contributed by atoms with van der Waals surface area (Å²) >= 11 is 0. The molecule has 0 radical (unpaired) electrons. The summed E-state index contributed by atoms with van der Waals surface area (Å²) in [5, 5.41) is 0.472. The van der Waals surface area contributed by atoms with E-state index in [1.807, 2.05) is 18.4 Å². The fourth-order valence-corrected chi connectivity index (χ4v) is 4.02. The van der Waals surface area contributed by atoms with Crippen molar-refractivity contribution in [3.63, 3.8) is 0 Å². The summed E-state index contributed by atoms with van der Waals surface area (Å²) in [5.41, 5.74) is 13.8. The fraction of sp³-hybridized carbons (Fsp3) is 0.200. The molecule has 4 aromatic rings. The number of carbonyl (C=O) groups excluding carboxylic acids is 2. The van der Waals surface area contributed by atoms with Crippen molar-refractivity contribution < 1.29 is 19.1 Å². The van der Waals surface area contributed by atoms with E-state index in [1.54, 1.807) is 48.7 Å². The van der Waals surface area contributed by atoms with E-state index in [2.05, 4.69) is 9.97 Å². The minimum Gasteiger partial charge on any atom is -0.495 e. The number of carbonyl (C=O) groups is 2. The number of methoxy groups -OCH3 is 2. The van der Waals surface area contributed by atoms with Gasteiger partial charge in [0, 0.05) is 17.8 Å². The Labute approximate surface area is 202 Å². The topological polar surface area (TPSA) is 139 Å². The van der Waals surface area contributed by atoms with Gasteiger partial charge < -0.3 is 25.5 Å². The van der Waals surface area contributed by atoms with E-state index in [4.69, 9.17) is 20.9 Å².